The van der Waals surface area contributed by atoms with E-state index in [1.165, 1.54) is 0 Å². The van der Waals surface area contributed by atoms with Crippen LogP contribution >= 0.6 is 11.8 Å². The first-order chi connectivity index (χ1) is 9.27. The molecular formula is C16H23NOS. The number of carbonyl (C=O) groups is 1. The van der Waals surface area contributed by atoms with Gasteiger partial charge in [0.05, 0.1) is 5.25 Å². The van der Waals surface area contributed by atoms with Crippen LogP contribution in [0.2, 0.25) is 0 Å². The van der Waals surface area contributed by atoms with E-state index in [-0.39, 0.29) is 5.25 Å². The summed E-state index contributed by atoms with van der Waals surface area (Å²) in [6.07, 6.45) is 6.08. The number of hydrogen-bond acceptors (Lipinski definition) is 3. The van der Waals surface area contributed by atoms with Crippen molar-refractivity contribution in [3.05, 3.63) is 43.0 Å². The molecule has 0 aromatic heterocycles. The van der Waals surface area contributed by atoms with Crippen LogP contribution < -0.4 is 5.73 Å². The predicted molar refractivity (Wildman–Crippen MR) is 83.4 cm³/mol. The lowest BCUT2D eigenvalue weighted by molar-refractivity contribution is -0.118. The smallest absolute Gasteiger partial charge is 0.146 e. The first-order valence-electron chi connectivity index (χ1n) is 6.83. The second kappa shape index (κ2) is 9.82. The number of Topliss-reactive ketones (excluding diaryl/α,β-unsaturated/α-hetero) is 1. The van der Waals surface area contributed by atoms with Gasteiger partial charge in [-0.3, -0.25) is 4.79 Å². The molecule has 0 aliphatic rings. The Morgan fingerprint density at radius 2 is 2.05 bits per heavy atom. The van der Waals surface area contributed by atoms with Crippen LogP contribution in [-0.4, -0.2) is 17.6 Å². The highest BCUT2D eigenvalue weighted by molar-refractivity contribution is 8.00. The maximum absolute atomic E-state index is 12.2. The molecule has 0 spiro atoms. The number of thioether (sulfide) groups is 1. The van der Waals surface area contributed by atoms with Crippen LogP contribution in [0.5, 0.6) is 0 Å². The Kier molecular flexibility index (Phi) is 8.26. The van der Waals surface area contributed by atoms with E-state index >= 15 is 0 Å². The number of ketones is 1. The second-order valence-corrected chi connectivity index (χ2v) is 5.77. The van der Waals surface area contributed by atoms with Crippen LogP contribution in [0.4, 0.5) is 0 Å². The van der Waals surface area contributed by atoms with Gasteiger partial charge in [0.1, 0.15) is 5.78 Å². The Balaban J connectivity index is 2.55. The Hall–Kier alpha value is -1.06. The average molecular weight is 277 g/mol. The van der Waals surface area contributed by atoms with Gasteiger partial charge in [0.15, 0.2) is 0 Å². The third-order valence-corrected chi connectivity index (χ3v) is 4.21. The summed E-state index contributed by atoms with van der Waals surface area (Å²) >= 11 is 1.66. The zero-order valence-electron chi connectivity index (χ0n) is 11.4. The fourth-order valence-corrected chi connectivity index (χ4v) is 3.01. The molecule has 1 atom stereocenters. The monoisotopic (exact) mass is 277 g/mol. The molecule has 2 nitrogen and oxygen atoms in total. The Morgan fingerprint density at radius 3 is 2.68 bits per heavy atom. The van der Waals surface area contributed by atoms with Crippen molar-refractivity contribution in [2.24, 2.45) is 5.73 Å². The highest BCUT2D eigenvalue weighted by Crippen LogP contribution is 2.27. The number of carbonyl (C=O) groups excluding carboxylic acids is 1. The van der Waals surface area contributed by atoms with E-state index in [1.54, 1.807) is 11.8 Å². The minimum atomic E-state index is 0.0377. The SMILES string of the molecule is C=CCCCC(=O)C(CCCN)Sc1ccccc1. The van der Waals surface area contributed by atoms with E-state index in [0.717, 1.165) is 30.6 Å². The minimum Gasteiger partial charge on any atom is -0.330 e. The molecule has 0 aliphatic heterocycles. The number of rotatable bonds is 10. The van der Waals surface area contributed by atoms with Gasteiger partial charge < -0.3 is 5.73 Å². The van der Waals surface area contributed by atoms with Gasteiger partial charge in [-0.15, -0.1) is 18.3 Å². The van der Waals surface area contributed by atoms with Crippen molar-refractivity contribution in [1.82, 2.24) is 0 Å². The van der Waals surface area contributed by atoms with Crippen molar-refractivity contribution in [2.45, 2.75) is 42.2 Å². The van der Waals surface area contributed by atoms with Gasteiger partial charge in [0.25, 0.3) is 0 Å². The largest absolute Gasteiger partial charge is 0.330 e. The highest BCUT2D eigenvalue weighted by atomic mass is 32.2. The standard InChI is InChI=1S/C16H23NOS/c1-2-3-5-11-15(18)16(12-8-13-17)19-14-9-6-4-7-10-14/h2,4,6-7,9-10,16H,1,3,5,8,11-13,17H2. The van der Waals surface area contributed by atoms with Crippen LogP contribution in [0.25, 0.3) is 0 Å². The molecule has 1 rings (SSSR count). The molecule has 0 bridgehead atoms. The molecule has 0 saturated carbocycles. The van der Waals surface area contributed by atoms with Gasteiger partial charge in [-0.05, 0) is 44.4 Å². The number of unbranched alkanes of at least 4 members (excludes halogenated alkanes) is 1. The number of benzene rings is 1. The van der Waals surface area contributed by atoms with Crippen molar-refractivity contribution in [1.29, 1.82) is 0 Å². The number of allylic oxidation sites excluding steroid dienone is 1. The number of hydrogen-bond donors (Lipinski definition) is 1. The zero-order chi connectivity index (χ0) is 13.9. The summed E-state index contributed by atoms with van der Waals surface area (Å²) in [4.78, 5) is 13.4. The summed E-state index contributed by atoms with van der Waals surface area (Å²) in [6, 6.07) is 10.1. The van der Waals surface area contributed by atoms with Gasteiger partial charge >= 0.3 is 0 Å². The molecule has 104 valence electrons. The summed E-state index contributed by atoms with van der Waals surface area (Å²) in [5, 5.41) is 0.0377. The van der Waals surface area contributed by atoms with E-state index in [4.69, 9.17) is 5.73 Å². The van der Waals surface area contributed by atoms with Gasteiger partial charge in [-0.25, -0.2) is 0 Å². The summed E-state index contributed by atoms with van der Waals surface area (Å²) in [5.74, 6) is 0.337. The lowest BCUT2D eigenvalue weighted by Crippen LogP contribution is -2.18. The van der Waals surface area contributed by atoms with Crippen molar-refractivity contribution < 1.29 is 4.79 Å². The van der Waals surface area contributed by atoms with Gasteiger partial charge in [0, 0.05) is 11.3 Å². The summed E-state index contributed by atoms with van der Waals surface area (Å²) in [6.45, 7) is 4.33. The predicted octanol–water partition coefficient (Wildman–Crippen LogP) is 3.81. The lowest BCUT2D eigenvalue weighted by Gasteiger charge is -2.15. The van der Waals surface area contributed by atoms with E-state index in [1.807, 2.05) is 24.3 Å². The summed E-state index contributed by atoms with van der Waals surface area (Å²) in [7, 11) is 0. The molecule has 0 radical (unpaired) electrons. The van der Waals surface area contributed by atoms with Crippen LogP contribution in [-0.2, 0) is 4.79 Å². The third-order valence-electron chi connectivity index (χ3n) is 2.88. The van der Waals surface area contributed by atoms with E-state index in [0.29, 0.717) is 18.7 Å². The highest BCUT2D eigenvalue weighted by Gasteiger charge is 2.18. The van der Waals surface area contributed by atoms with Gasteiger partial charge in [-0.2, -0.15) is 0 Å². The molecule has 1 aromatic carbocycles. The molecule has 0 fully saturated rings. The maximum atomic E-state index is 12.2. The second-order valence-electron chi connectivity index (χ2n) is 4.50. The molecule has 3 heteroatoms. The van der Waals surface area contributed by atoms with Crippen molar-refractivity contribution >= 4 is 17.5 Å². The summed E-state index contributed by atoms with van der Waals surface area (Å²) < 4.78 is 0. The number of nitrogens with two attached hydrogens (primary N) is 1. The Labute approximate surface area is 120 Å². The molecule has 1 aromatic rings. The molecule has 0 heterocycles. The molecular weight excluding hydrogens is 254 g/mol. The van der Waals surface area contributed by atoms with E-state index in [9.17, 15) is 4.79 Å². The quantitative estimate of drug-likeness (QED) is 0.402. The average Bonchev–Trinajstić information content (AvgIpc) is 2.44. The first-order valence-corrected chi connectivity index (χ1v) is 7.71. The van der Waals surface area contributed by atoms with Crippen molar-refractivity contribution in [3.63, 3.8) is 0 Å². The van der Waals surface area contributed by atoms with Gasteiger partial charge in [0.2, 0.25) is 0 Å². The van der Waals surface area contributed by atoms with Crippen molar-refractivity contribution in [3.8, 4) is 0 Å². The Morgan fingerprint density at radius 1 is 1.32 bits per heavy atom. The van der Waals surface area contributed by atoms with Crippen LogP contribution in [0.1, 0.15) is 32.1 Å². The molecule has 0 amide bonds. The van der Waals surface area contributed by atoms with Crippen LogP contribution in [0, 0.1) is 0 Å². The lowest BCUT2D eigenvalue weighted by atomic mass is 10.1. The first kappa shape index (κ1) is 16.0. The molecule has 0 aliphatic carbocycles. The third kappa shape index (κ3) is 6.60. The topological polar surface area (TPSA) is 43.1 Å². The minimum absolute atomic E-state index is 0.0377. The molecule has 0 saturated heterocycles. The fraction of sp³-hybridized carbons (Fsp3) is 0.438. The van der Waals surface area contributed by atoms with E-state index < -0.39 is 0 Å². The molecule has 1 unspecified atom stereocenters. The normalized spacial score (nSPS) is 12.1. The molecule has 19 heavy (non-hydrogen) atoms. The zero-order valence-corrected chi connectivity index (χ0v) is 12.2. The summed E-state index contributed by atoms with van der Waals surface area (Å²) in [5.41, 5.74) is 5.56. The van der Waals surface area contributed by atoms with Gasteiger partial charge in [-0.1, -0.05) is 24.3 Å². The van der Waals surface area contributed by atoms with Crippen LogP contribution in [0.15, 0.2) is 47.9 Å². The maximum Gasteiger partial charge on any atom is 0.146 e. The molecule has 2 N–H and O–H groups in total. The van der Waals surface area contributed by atoms with Crippen LogP contribution in [0.3, 0.4) is 0 Å². The van der Waals surface area contributed by atoms with Crippen molar-refractivity contribution in [2.75, 3.05) is 6.54 Å². The fourth-order valence-electron chi connectivity index (χ4n) is 1.83. The Bertz CT molecular complexity index is 378. The van der Waals surface area contributed by atoms with E-state index in [2.05, 4.69) is 18.7 Å².